The van der Waals surface area contributed by atoms with E-state index in [0.29, 0.717) is 18.0 Å². The lowest BCUT2D eigenvalue weighted by molar-refractivity contribution is 0.0773. The second kappa shape index (κ2) is 7.49. The standard InChI is InChI=1S/C18H24N4O2/c1-20(12-13-21-10-6-7-11-21)18(23)17-16(24-2)14-22(19-17)15-8-4-3-5-9-15/h3-5,8-9,14H,6-7,10-13H2,1-2H3. The molecule has 0 N–H and O–H groups in total. The number of likely N-dealkylation sites (N-methyl/N-ethyl adjacent to an activating group) is 1. The van der Waals surface area contributed by atoms with E-state index in [1.807, 2.05) is 37.4 Å². The lowest BCUT2D eigenvalue weighted by Gasteiger charge is -2.21. The monoisotopic (exact) mass is 328 g/mol. The Bertz CT molecular complexity index is 678. The van der Waals surface area contributed by atoms with Gasteiger partial charge in [-0.3, -0.25) is 4.79 Å². The molecule has 0 radical (unpaired) electrons. The largest absolute Gasteiger partial charge is 0.493 e. The van der Waals surface area contributed by atoms with E-state index in [1.54, 1.807) is 22.9 Å². The van der Waals surface area contributed by atoms with E-state index in [2.05, 4.69) is 10.00 Å². The molecule has 0 bridgehead atoms. The lowest BCUT2D eigenvalue weighted by atomic mass is 10.3. The van der Waals surface area contributed by atoms with Gasteiger partial charge in [0.15, 0.2) is 11.4 Å². The van der Waals surface area contributed by atoms with Crippen molar-refractivity contribution in [3.63, 3.8) is 0 Å². The number of hydrogen-bond acceptors (Lipinski definition) is 4. The molecule has 1 aliphatic heterocycles. The van der Waals surface area contributed by atoms with Gasteiger partial charge < -0.3 is 14.5 Å². The minimum Gasteiger partial charge on any atom is -0.493 e. The van der Waals surface area contributed by atoms with Gasteiger partial charge in [0.25, 0.3) is 5.91 Å². The highest BCUT2D eigenvalue weighted by Crippen LogP contribution is 2.20. The van der Waals surface area contributed by atoms with Gasteiger partial charge >= 0.3 is 0 Å². The summed E-state index contributed by atoms with van der Waals surface area (Å²) in [5.74, 6) is 0.387. The van der Waals surface area contributed by atoms with E-state index in [0.717, 1.165) is 25.3 Å². The van der Waals surface area contributed by atoms with Crippen LogP contribution in [0.25, 0.3) is 5.69 Å². The molecule has 2 heterocycles. The molecule has 0 atom stereocenters. The molecule has 1 amide bonds. The van der Waals surface area contributed by atoms with E-state index in [1.165, 1.54) is 12.8 Å². The number of aromatic nitrogens is 2. The molecule has 0 spiro atoms. The molecule has 1 aromatic heterocycles. The third-order valence-electron chi connectivity index (χ3n) is 4.42. The Morgan fingerprint density at radius 1 is 1.25 bits per heavy atom. The molecule has 0 aliphatic carbocycles. The predicted octanol–water partition coefficient (Wildman–Crippen LogP) is 2.05. The molecule has 0 unspecified atom stereocenters. The Balaban J connectivity index is 1.72. The number of benzene rings is 1. The number of carbonyl (C=O) groups excluding carboxylic acids is 1. The van der Waals surface area contributed by atoms with Crippen LogP contribution in [-0.2, 0) is 0 Å². The maximum atomic E-state index is 12.7. The van der Waals surface area contributed by atoms with Crippen LogP contribution in [0.5, 0.6) is 5.75 Å². The second-order valence-corrected chi connectivity index (χ2v) is 6.10. The van der Waals surface area contributed by atoms with Crippen molar-refractivity contribution in [2.45, 2.75) is 12.8 Å². The summed E-state index contributed by atoms with van der Waals surface area (Å²) in [7, 11) is 3.38. The van der Waals surface area contributed by atoms with Crippen molar-refractivity contribution in [1.29, 1.82) is 0 Å². The molecule has 24 heavy (non-hydrogen) atoms. The van der Waals surface area contributed by atoms with Gasteiger partial charge in [0.05, 0.1) is 19.0 Å². The van der Waals surface area contributed by atoms with Gasteiger partial charge in [-0.1, -0.05) is 18.2 Å². The van der Waals surface area contributed by atoms with Crippen molar-refractivity contribution < 1.29 is 9.53 Å². The normalized spacial score (nSPS) is 14.8. The van der Waals surface area contributed by atoms with Crippen molar-refractivity contribution in [2.24, 2.45) is 0 Å². The highest BCUT2D eigenvalue weighted by Gasteiger charge is 2.22. The summed E-state index contributed by atoms with van der Waals surface area (Å²) in [6.45, 7) is 3.87. The Kier molecular flexibility index (Phi) is 5.15. The molecule has 0 saturated carbocycles. The molecule has 1 aromatic carbocycles. The Morgan fingerprint density at radius 2 is 1.96 bits per heavy atom. The highest BCUT2D eigenvalue weighted by atomic mass is 16.5. The maximum absolute atomic E-state index is 12.7. The first-order valence-corrected chi connectivity index (χ1v) is 8.36. The number of para-hydroxylation sites is 1. The molecule has 6 nitrogen and oxygen atoms in total. The van der Waals surface area contributed by atoms with Crippen molar-refractivity contribution in [3.8, 4) is 11.4 Å². The summed E-state index contributed by atoms with van der Waals surface area (Å²) in [6.07, 6.45) is 4.26. The summed E-state index contributed by atoms with van der Waals surface area (Å²) >= 11 is 0. The van der Waals surface area contributed by atoms with Crippen molar-refractivity contribution in [1.82, 2.24) is 19.6 Å². The van der Waals surface area contributed by atoms with Crippen LogP contribution in [-0.4, -0.2) is 65.8 Å². The van der Waals surface area contributed by atoms with Gasteiger partial charge in [-0.15, -0.1) is 0 Å². The minimum atomic E-state index is -0.110. The van der Waals surface area contributed by atoms with Gasteiger partial charge in [-0.25, -0.2) is 4.68 Å². The van der Waals surface area contributed by atoms with Gasteiger partial charge in [-0.2, -0.15) is 5.10 Å². The number of rotatable bonds is 6. The highest BCUT2D eigenvalue weighted by molar-refractivity contribution is 5.94. The van der Waals surface area contributed by atoms with Gasteiger partial charge in [0, 0.05) is 20.1 Å². The van der Waals surface area contributed by atoms with Crippen LogP contribution in [0.15, 0.2) is 36.5 Å². The Labute approximate surface area is 142 Å². The van der Waals surface area contributed by atoms with Crippen molar-refractivity contribution >= 4 is 5.91 Å². The zero-order chi connectivity index (χ0) is 16.9. The van der Waals surface area contributed by atoms with Crippen LogP contribution in [0.4, 0.5) is 0 Å². The third kappa shape index (κ3) is 3.59. The lowest BCUT2D eigenvalue weighted by Crippen LogP contribution is -2.35. The molecule has 2 aromatic rings. The van der Waals surface area contributed by atoms with E-state index in [4.69, 9.17) is 4.74 Å². The molecule has 1 saturated heterocycles. The van der Waals surface area contributed by atoms with Gasteiger partial charge in [0.2, 0.25) is 0 Å². The molecule has 1 fully saturated rings. The molecule has 3 rings (SSSR count). The van der Waals surface area contributed by atoms with Crippen molar-refractivity contribution in [2.75, 3.05) is 40.3 Å². The van der Waals surface area contributed by atoms with Crippen LogP contribution in [0.3, 0.4) is 0 Å². The number of amides is 1. The predicted molar refractivity (Wildman–Crippen MR) is 92.8 cm³/mol. The second-order valence-electron chi connectivity index (χ2n) is 6.10. The van der Waals surface area contributed by atoms with Crippen LogP contribution in [0.1, 0.15) is 23.3 Å². The topological polar surface area (TPSA) is 50.6 Å². The van der Waals surface area contributed by atoms with E-state index < -0.39 is 0 Å². The number of carbonyl (C=O) groups is 1. The number of ether oxygens (including phenoxy) is 1. The average Bonchev–Trinajstić information content (AvgIpc) is 3.29. The Hall–Kier alpha value is -2.34. The van der Waals surface area contributed by atoms with E-state index >= 15 is 0 Å². The summed E-state index contributed by atoms with van der Waals surface area (Å²) in [6, 6.07) is 9.71. The van der Waals surface area contributed by atoms with Crippen molar-refractivity contribution in [3.05, 3.63) is 42.2 Å². The maximum Gasteiger partial charge on any atom is 0.278 e. The zero-order valence-corrected chi connectivity index (χ0v) is 14.3. The number of nitrogens with zero attached hydrogens (tertiary/aromatic N) is 4. The smallest absolute Gasteiger partial charge is 0.278 e. The fourth-order valence-electron chi connectivity index (χ4n) is 2.95. The molecular weight excluding hydrogens is 304 g/mol. The summed E-state index contributed by atoms with van der Waals surface area (Å²) in [4.78, 5) is 16.8. The van der Waals surface area contributed by atoms with Crippen LogP contribution < -0.4 is 4.74 Å². The summed E-state index contributed by atoms with van der Waals surface area (Å²) in [5.41, 5.74) is 1.25. The number of hydrogen-bond donors (Lipinski definition) is 0. The fraction of sp³-hybridized carbons (Fsp3) is 0.444. The van der Waals surface area contributed by atoms with Gasteiger partial charge in [0.1, 0.15) is 0 Å². The van der Waals surface area contributed by atoms with Crippen LogP contribution >= 0.6 is 0 Å². The molecule has 6 heteroatoms. The molecule has 1 aliphatic rings. The fourth-order valence-corrected chi connectivity index (χ4v) is 2.95. The first kappa shape index (κ1) is 16.5. The Morgan fingerprint density at radius 3 is 2.62 bits per heavy atom. The molecular formula is C18H24N4O2. The quantitative estimate of drug-likeness (QED) is 0.814. The van der Waals surface area contributed by atoms with Crippen LogP contribution in [0.2, 0.25) is 0 Å². The minimum absolute atomic E-state index is 0.110. The van der Waals surface area contributed by atoms with E-state index in [-0.39, 0.29) is 5.91 Å². The third-order valence-corrected chi connectivity index (χ3v) is 4.42. The summed E-state index contributed by atoms with van der Waals surface area (Å²) < 4.78 is 7.04. The van der Waals surface area contributed by atoms with E-state index in [9.17, 15) is 4.79 Å². The number of likely N-dealkylation sites (tertiary alicyclic amines) is 1. The summed E-state index contributed by atoms with van der Waals surface area (Å²) in [5, 5.41) is 4.44. The van der Waals surface area contributed by atoms with Gasteiger partial charge in [-0.05, 0) is 38.1 Å². The first-order chi connectivity index (χ1) is 11.7. The SMILES string of the molecule is COc1cn(-c2ccccc2)nc1C(=O)N(C)CCN1CCCC1. The first-order valence-electron chi connectivity index (χ1n) is 8.36. The average molecular weight is 328 g/mol. The zero-order valence-electron chi connectivity index (χ0n) is 14.3. The number of methoxy groups -OCH3 is 1. The molecule has 128 valence electrons. The van der Waals surface area contributed by atoms with Crippen LogP contribution in [0, 0.1) is 0 Å².